The first kappa shape index (κ1) is 12.3. The Morgan fingerprint density at radius 2 is 2.05 bits per heavy atom. The summed E-state index contributed by atoms with van der Waals surface area (Å²) < 4.78 is 0. The number of rotatable bonds is 1. The molecule has 0 radical (unpaired) electrons. The zero-order valence-corrected chi connectivity index (χ0v) is 11.5. The summed E-state index contributed by atoms with van der Waals surface area (Å²) in [5.74, 6) is 0.836. The van der Waals surface area contributed by atoms with Crippen LogP contribution < -0.4 is 10.6 Å². The van der Waals surface area contributed by atoms with E-state index in [9.17, 15) is 0 Å². The third-order valence-electron chi connectivity index (χ3n) is 4.19. The topological polar surface area (TPSA) is 42.1 Å². The summed E-state index contributed by atoms with van der Waals surface area (Å²) >= 11 is 0. The zero-order chi connectivity index (χ0) is 13.2. The Morgan fingerprint density at radius 1 is 1.16 bits per heavy atom. The fraction of sp³-hybridized carbons (Fsp3) is 0.438. The second-order valence-electron chi connectivity index (χ2n) is 5.62. The lowest BCUT2D eigenvalue weighted by atomic mass is 10.0. The number of nitrogens with zero attached hydrogens (tertiary/aromatic N) is 2. The summed E-state index contributed by atoms with van der Waals surface area (Å²) in [5.41, 5.74) is 8.18. The van der Waals surface area contributed by atoms with Gasteiger partial charge in [0.15, 0.2) is 0 Å². The average Bonchev–Trinajstić information content (AvgIpc) is 2.65. The first-order valence-electron chi connectivity index (χ1n) is 7.13. The number of benzene rings is 1. The Labute approximate surface area is 114 Å². The van der Waals surface area contributed by atoms with Gasteiger partial charge in [-0.1, -0.05) is 6.92 Å². The van der Waals surface area contributed by atoms with Gasteiger partial charge in [-0.05, 0) is 43.4 Å². The van der Waals surface area contributed by atoms with Gasteiger partial charge in [-0.2, -0.15) is 0 Å². The van der Waals surface area contributed by atoms with E-state index < -0.39 is 0 Å². The molecular formula is C16H21N3. The Bertz CT molecular complexity index is 579. The van der Waals surface area contributed by atoms with Crippen LogP contribution in [-0.2, 0) is 0 Å². The van der Waals surface area contributed by atoms with Crippen molar-refractivity contribution in [1.29, 1.82) is 0 Å². The summed E-state index contributed by atoms with van der Waals surface area (Å²) in [6.07, 6.45) is 7.63. The normalized spacial score (nSPS) is 20.5. The third-order valence-corrected chi connectivity index (χ3v) is 4.19. The third kappa shape index (κ3) is 2.37. The standard InChI is InChI=1S/C16H21N3/c1-12-3-2-9-19(10-7-12)16-5-4-15(17)13-6-8-18-11-14(13)16/h4-6,8,11-12H,2-3,7,9-10,17H2,1H3. The first-order valence-corrected chi connectivity index (χ1v) is 7.13. The molecule has 0 aliphatic carbocycles. The van der Waals surface area contributed by atoms with Gasteiger partial charge in [0, 0.05) is 47.6 Å². The highest BCUT2D eigenvalue weighted by Gasteiger charge is 2.16. The summed E-state index contributed by atoms with van der Waals surface area (Å²) in [7, 11) is 0. The second-order valence-corrected chi connectivity index (χ2v) is 5.62. The minimum absolute atomic E-state index is 0.836. The maximum absolute atomic E-state index is 6.06. The van der Waals surface area contributed by atoms with Crippen LogP contribution in [0.2, 0.25) is 0 Å². The Hall–Kier alpha value is -1.77. The molecule has 0 saturated carbocycles. The van der Waals surface area contributed by atoms with Crippen molar-refractivity contribution in [3.05, 3.63) is 30.6 Å². The lowest BCUT2D eigenvalue weighted by Gasteiger charge is -2.24. The first-order chi connectivity index (χ1) is 9.25. The van der Waals surface area contributed by atoms with Gasteiger partial charge in [0.2, 0.25) is 0 Å². The predicted octanol–water partition coefficient (Wildman–Crippen LogP) is 3.44. The van der Waals surface area contributed by atoms with E-state index in [4.69, 9.17) is 5.73 Å². The van der Waals surface area contributed by atoms with Crippen LogP contribution in [0.25, 0.3) is 10.8 Å². The van der Waals surface area contributed by atoms with Gasteiger partial charge in [-0.3, -0.25) is 4.98 Å². The molecule has 3 rings (SSSR count). The molecule has 1 saturated heterocycles. The number of fused-ring (bicyclic) bond motifs is 1. The molecule has 1 aliphatic heterocycles. The van der Waals surface area contributed by atoms with Crippen LogP contribution in [-0.4, -0.2) is 18.1 Å². The molecule has 2 aromatic rings. The molecule has 19 heavy (non-hydrogen) atoms. The number of hydrogen-bond donors (Lipinski definition) is 1. The van der Waals surface area contributed by atoms with Crippen molar-refractivity contribution in [2.75, 3.05) is 23.7 Å². The zero-order valence-electron chi connectivity index (χ0n) is 11.5. The summed E-state index contributed by atoms with van der Waals surface area (Å²) in [5, 5.41) is 2.29. The van der Waals surface area contributed by atoms with Crippen molar-refractivity contribution in [3.63, 3.8) is 0 Å². The van der Waals surface area contributed by atoms with Crippen molar-refractivity contribution < 1.29 is 0 Å². The molecule has 2 N–H and O–H groups in total. The molecule has 3 nitrogen and oxygen atoms in total. The van der Waals surface area contributed by atoms with Gasteiger partial charge < -0.3 is 10.6 Å². The van der Waals surface area contributed by atoms with Crippen molar-refractivity contribution in [3.8, 4) is 0 Å². The molecule has 0 spiro atoms. The molecule has 1 aromatic heterocycles. The molecule has 1 aliphatic rings. The molecule has 100 valence electrons. The molecule has 2 heterocycles. The number of anilines is 2. The number of hydrogen-bond acceptors (Lipinski definition) is 3. The lowest BCUT2D eigenvalue weighted by molar-refractivity contribution is 0.521. The molecule has 3 heteroatoms. The number of aromatic nitrogens is 1. The Balaban J connectivity index is 2.02. The quantitative estimate of drug-likeness (QED) is 0.794. The molecule has 1 aromatic carbocycles. The van der Waals surface area contributed by atoms with E-state index in [1.165, 1.54) is 30.3 Å². The fourth-order valence-electron chi connectivity index (χ4n) is 2.98. The summed E-state index contributed by atoms with van der Waals surface area (Å²) in [4.78, 5) is 6.76. The molecule has 1 atom stereocenters. The van der Waals surface area contributed by atoms with Crippen LogP contribution in [0.4, 0.5) is 11.4 Å². The number of nitrogen functional groups attached to an aromatic ring is 1. The van der Waals surface area contributed by atoms with E-state index in [1.807, 2.05) is 24.5 Å². The summed E-state index contributed by atoms with van der Waals surface area (Å²) in [6.45, 7) is 4.62. The summed E-state index contributed by atoms with van der Waals surface area (Å²) in [6, 6.07) is 6.18. The van der Waals surface area contributed by atoms with E-state index in [0.717, 1.165) is 30.1 Å². The predicted molar refractivity (Wildman–Crippen MR) is 81.4 cm³/mol. The van der Waals surface area contributed by atoms with Crippen molar-refractivity contribution >= 4 is 22.1 Å². The monoisotopic (exact) mass is 255 g/mol. The molecular weight excluding hydrogens is 234 g/mol. The molecule has 1 fully saturated rings. The highest BCUT2D eigenvalue weighted by atomic mass is 15.1. The van der Waals surface area contributed by atoms with Crippen LogP contribution in [0.3, 0.4) is 0 Å². The van der Waals surface area contributed by atoms with E-state index >= 15 is 0 Å². The molecule has 0 bridgehead atoms. The van der Waals surface area contributed by atoms with Crippen molar-refractivity contribution in [1.82, 2.24) is 4.98 Å². The van der Waals surface area contributed by atoms with E-state index in [2.05, 4.69) is 22.9 Å². The van der Waals surface area contributed by atoms with E-state index in [0.29, 0.717) is 0 Å². The highest BCUT2D eigenvalue weighted by molar-refractivity contribution is 6.00. The van der Waals surface area contributed by atoms with E-state index in [-0.39, 0.29) is 0 Å². The number of nitrogens with two attached hydrogens (primary N) is 1. The number of pyridine rings is 1. The Morgan fingerprint density at radius 3 is 2.95 bits per heavy atom. The van der Waals surface area contributed by atoms with Crippen LogP contribution in [0.15, 0.2) is 30.6 Å². The van der Waals surface area contributed by atoms with Gasteiger partial charge in [0.25, 0.3) is 0 Å². The van der Waals surface area contributed by atoms with Gasteiger partial charge in [-0.15, -0.1) is 0 Å². The molecule has 1 unspecified atom stereocenters. The van der Waals surface area contributed by atoms with Crippen LogP contribution in [0.5, 0.6) is 0 Å². The van der Waals surface area contributed by atoms with Gasteiger partial charge in [-0.25, -0.2) is 0 Å². The van der Waals surface area contributed by atoms with Crippen molar-refractivity contribution in [2.24, 2.45) is 5.92 Å². The minimum Gasteiger partial charge on any atom is -0.398 e. The fourth-order valence-corrected chi connectivity index (χ4v) is 2.98. The van der Waals surface area contributed by atoms with Crippen LogP contribution in [0, 0.1) is 5.92 Å². The van der Waals surface area contributed by atoms with E-state index in [1.54, 1.807) is 0 Å². The highest BCUT2D eigenvalue weighted by Crippen LogP contribution is 2.32. The van der Waals surface area contributed by atoms with Gasteiger partial charge in [0.1, 0.15) is 0 Å². The molecule has 0 amide bonds. The largest absolute Gasteiger partial charge is 0.398 e. The lowest BCUT2D eigenvalue weighted by Crippen LogP contribution is -2.24. The minimum atomic E-state index is 0.836. The average molecular weight is 255 g/mol. The smallest absolute Gasteiger partial charge is 0.0463 e. The maximum Gasteiger partial charge on any atom is 0.0463 e. The van der Waals surface area contributed by atoms with Crippen LogP contribution in [0.1, 0.15) is 26.2 Å². The van der Waals surface area contributed by atoms with Crippen LogP contribution >= 0.6 is 0 Å². The van der Waals surface area contributed by atoms with Gasteiger partial charge in [0.05, 0.1) is 0 Å². The Kier molecular flexibility index (Phi) is 3.28. The SMILES string of the molecule is CC1CCCN(c2ccc(N)c3ccncc23)CC1. The van der Waals surface area contributed by atoms with Gasteiger partial charge >= 0.3 is 0 Å². The maximum atomic E-state index is 6.06. The second kappa shape index (κ2) is 5.08. The van der Waals surface area contributed by atoms with Crippen molar-refractivity contribution in [2.45, 2.75) is 26.2 Å².